The van der Waals surface area contributed by atoms with Crippen LogP contribution in [0.5, 0.6) is 0 Å². The predicted octanol–water partition coefficient (Wildman–Crippen LogP) is 1.29. The minimum atomic E-state index is -0.898. The van der Waals surface area contributed by atoms with Crippen LogP contribution in [0.1, 0.15) is 25.8 Å². The summed E-state index contributed by atoms with van der Waals surface area (Å²) in [6, 6.07) is 7.24. The first-order chi connectivity index (χ1) is 11.3. The van der Waals surface area contributed by atoms with Gasteiger partial charge in [-0.3, -0.25) is 4.79 Å². The monoisotopic (exact) mass is 330 g/mol. The number of anilines is 2. The van der Waals surface area contributed by atoms with Crippen molar-refractivity contribution in [3.8, 4) is 11.4 Å². The van der Waals surface area contributed by atoms with Crippen LogP contribution in [-0.4, -0.2) is 38.1 Å². The molecule has 1 heterocycles. The van der Waals surface area contributed by atoms with Crippen LogP contribution < -0.4 is 16.8 Å². The molecule has 0 unspecified atom stereocenters. The first-order valence-corrected chi connectivity index (χ1v) is 7.68. The highest BCUT2D eigenvalue weighted by molar-refractivity contribution is 5.67. The van der Waals surface area contributed by atoms with Crippen LogP contribution in [0.15, 0.2) is 24.3 Å². The van der Waals surface area contributed by atoms with Gasteiger partial charge in [0.05, 0.1) is 6.42 Å². The van der Waals surface area contributed by atoms with E-state index in [0.717, 1.165) is 11.1 Å². The van der Waals surface area contributed by atoms with Crippen LogP contribution in [0.4, 0.5) is 11.9 Å². The lowest BCUT2D eigenvalue weighted by atomic mass is 10.0. The van der Waals surface area contributed by atoms with E-state index in [9.17, 15) is 4.79 Å². The van der Waals surface area contributed by atoms with Crippen molar-refractivity contribution in [3.63, 3.8) is 0 Å². The number of nitrogen functional groups attached to an aromatic ring is 1. The minimum absolute atomic E-state index is 0.0595. The number of benzene rings is 1. The van der Waals surface area contributed by atoms with E-state index in [4.69, 9.17) is 16.6 Å². The maximum atomic E-state index is 10.7. The molecule has 6 N–H and O–H groups in total. The molecule has 0 saturated heterocycles. The van der Waals surface area contributed by atoms with Crippen LogP contribution in [0.25, 0.3) is 11.4 Å². The normalized spacial score (nSPS) is 12.2. The Bertz CT molecular complexity index is 702. The van der Waals surface area contributed by atoms with E-state index in [1.165, 1.54) is 0 Å². The summed E-state index contributed by atoms with van der Waals surface area (Å²) in [6.07, 6.45) is 0.433. The van der Waals surface area contributed by atoms with Gasteiger partial charge >= 0.3 is 5.97 Å². The van der Waals surface area contributed by atoms with Crippen molar-refractivity contribution < 1.29 is 9.90 Å². The Morgan fingerprint density at radius 1 is 1.21 bits per heavy atom. The Kier molecular flexibility index (Phi) is 5.64. The van der Waals surface area contributed by atoms with Gasteiger partial charge in [0.15, 0.2) is 5.82 Å². The number of carboxylic acid groups (broad SMARTS) is 1. The number of rotatable bonds is 7. The fourth-order valence-electron chi connectivity index (χ4n) is 2.23. The summed E-state index contributed by atoms with van der Waals surface area (Å²) in [6.45, 7) is 3.96. The number of nitrogens with one attached hydrogen (secondary N) is 1. The summed E-state index contributed by atoms with van der Waals surface area (Å²) in [5, 5.41) is 11.8. The molecule has 1 aromatic heterocycles. The summed E-state index contributed by atoms with van der Waals surface area (Å²) in [5.41, 5.74) is 13.3. The van der Waals surface area contributed by atoms with Crippen molar-refractivity contribution in [2.45, 2.75) is 38.8 Å². The van der Waals surface area contributed by atoms with E-state index < -0.39 is 12.0 Å². The van der Waals surface area contributed by atoms with Crippen LogP contribution in [0, 0.1) is 0 Å². The van der Waals surface area contributed by atoms with E-state index in [1.54, 1.807) is 0 Å². The maximum absolute atomic E-state index is 10.7. The lowest BCUT2D eigenvalue weighted by molar-refractivity contribution is -0.137. The van der Waals surface area contributed by atoms with Crippen molar-refractivity contribution in [2.75, 3.05) is 11.1 Å². The Morgan fingerprint density at radius 2 is 1.88 bits per heavy atom. The quantitative estimate of drug-likeness (QED) is 0.595. The lowest BCUT2D eigenvalue weighted by Gasteiger charge is -2.11. The van der Waals surface area contributed by atoms with Crippen LogP contribution in [0.2, 0.25) is 0 Å². The van der Waals surface area contributed by atoms with Crippen molar-refractivity contribution in [2.24, 2.45) is 5.73 Å². The van der Waals surface area contributed by atoms with E-state index in [2.05, 4.69) is 20.3 Å². The molecule has 0 saturated carbocycles. The summed E-state index contributed by atoms with van der Waals surface area (Å²) in [5.74, 6) is 0.160. The van der Waals surface area contributed by atoms with Crippen molar-refractivity contribution in [1.82, 2.24) is 15.0 Å². The molecule has 0 aliphatic heterocycles. The van der Waals surface area contributed by atoms with Gasteiger partial charge in [-0.2, -0.15) is 15.0 Å². The average molecular weight is 330 g/mol. The molecule has 8 nitrogen and oxygen atoms in total. The van der Waals surface area contributed by atoms with Gasteiger partial charge in [0.25, 0.3) is 0 Å². The van der Waals surface area contributed by atoms with Gasteiger partial charge in [-0.15, -0.1) is 0 Å². The third-order valence-electron chi connectivity index (χ3n) is 3.22. The van der Waals surface area contributed by atoms with Gasteiger partial charge in [0.1, 0.15) is 0 Å². The third kappa shape index (κ3) is 5.17. The zero-order valence-corrected chi connectivity index (χ0v) is 13.7. The van der Waals surface area contributed by atoms with E-state index in [0.29, 0.717) is 18.2 Å². The number of hydrogen-bond donors (Lipinski definition) is 4. The van der Waals surface area contributed by atoms with E-state index in [1.807, 2.05) is 38.1 Å². The molecule has 0 spiro atoms. The molecular formula is C16H22N6O2. The molecule has 128 valence electrons. The number of aromatic nitrogens is 3. The molecule has 24 heavy (non-hydrogen) atoms. The van der Waals surface area contributed by atoms with Gasteiger partial charge in [-0.25, -0.2) is 0 Å². The summed E-state index contributed by atoms with van der Waals surface area (Å²) >= 11 is 0. The van der Waals surface area contributed by atoms with E-state index in [-0.39, 0.29) is 18.4 Å². The maximum Gasteiger partial charge on any atom is 0.304 e. The summed E-state index contributed by atoms with van der Waals surface area (Å²) < 4.78 is 0. The first-order valence-electron chi connectivity index (χ1n) is 7.68. The van der Waals surface area contributed by atoms with Gasteiger partial charge in [-0.1, -0.05) is 24.3 Å². The summed E-state index contributed by atoms with van der Waals surface area (Å²) in [7, 11) is 0. The molecule has 0 aliphatic carbocycles. The molecule has 8 heteroatoms. The topological polar surface area (TPSA) is 140 Å². The lowest BCUT2D eigenvalue weighted by Crippen LogP contribution is -2.26. The molecule has 1 aromatic carbocycles. The number of nitrogens with zero attached hydrogens (tertiary/aromatic N) is 3. The van der Waals surface area contributed by atoms with Crippen LogP contribution in [0.3, 0.4) is 0 Å². The number of carboxylic acids is 1. The minimum Gasteiger partial charge on any atom is -0.481 e. The van der Waals surface area contributed by atoms with Gasteiger partial charge < -0.3 is 21.9 Å². The van der Waals surface area contributed by atoms with Gasteiger partial charge in [0, 0.05) is 17.6 Å². The molecule has 0 amide bonds. The Morgan fingerprint density at radius 3 is 2.46 bits per heavy atom. The molecular weight excluding hydrogens is 308 g/mol. The zero-order chi connectivity index (χ0) is 17.7. The third-order valence-corrected chi connectivity index (χ3v) is 3.22. The Balaban J connectivity index is 2.15. The molecule has 0 aliphatic rings. The average Bonchev–Trinajstić information content (AvgIpc) is 2.45. The number of hydrogen-bond acceptors (Lipinski definition) is 7. The first kappa shape index (κ1) is 17.6. The Hall–Kier alpha value is -2.74. The number of aliphatic carboxylic acids is 1. The van der Waals surface area contributed by atoms with Crippen LogP contribution in [-0.2, 0) is 11.2 Å². The number of carbonyl (C=O) groups is 1. The molecule has 2 aromatic rings. The Labute approximate surface area is 140 Å². The smallest absolute Gasteiger partial charge is 0.304 e. The van der Waals surface area contributed by atoms with Gasteiger partial charge in [0.2, 0.25) is 11.9 Å². The standard InChI is InChI=1S/C16H22N6O2/c1-9(2)19-16-21-14(20-15(18)22-16)11-5-3-10(4-6-11)7-12(17)8-13(23)24/h3-6,9,12H,7-8,17H2,1-2H3,(H,23,24)(H3,18,19,20,21,22)/t12-/m0/s1. The zero-order valence-electron chi connectivity index (χ0n) is 13.7. The fourth-order valence-corrected chi connectivity index (χ4v) is 2.23. The SMILES string of the molecule is CC(C)Nc1nc(N)nc(-c2ccc(C[C@H](N)CC(=O)O)cc2)n1. The fraction of sp³-hybridized carbons (Fsp3) is 0.375. The molecule has 0 bridgehead atoms. The summed E-state index contributed by atoms with van der Waals surface area (Å²) in [4.78, 5) is 23.2. The second-order valence-electron chi connectivity index (χ2n) is 5.90. The van der Waals surface area contributed by atoms with E-state index >= 15 is 0 Å². The van der Waals surface area contributed by atoms with Crippen molar-refractivity contribution in [3.05, 3.63) is 29.8 Å². The predicted molar refractivity (Wildman–Crippen MR) is 92.4 cm³/mol. The highest BCUT2D eigenvalue weighted by Crippen LogP contribution is 2.18. The van der Waals surface area contributed by atoms with Gasteiger partial charge in [-0.05, 0) is 25.8 Å². The number of nitrogens with two attached hydrogens (primary N) is 2. The highest BCUT2D eigenvalue weighted by atomic mass is 16.4. The van der Waals surface area contributed by atoms with Crippen molar-refractivity contribution in [1.29, 1.82) is 0 Å². The van der Waals surface area contributed by atoms with Crippen molar-refractivity contribution >= 4 is 17.9 Å². The molecule has 0 fully saturated rings. The largest absolute Gasteiger partial charge is 0.481 e. The second-order valence-corrected chi connectivity index (χ2v) is 5.90. The molecule has 1 atom stereocenters. The highest BCUT2D eigenvalue weighted by Gasteiger charge is 2.11. The molecule has 0 radical (unpaired) electrons. The second kappa shape index (κ2) is 7.69. The molecule has 2 rings (SSSR count). The van der Waals surface area contributed by atoms with Crippen LogP contribution >= 0.6 is 0 Å².